The third-order valence-electron chi connectivity index (χ3n) is 2.61. The van der Waals surface area contributed by atoms with Crippen molar-refractivity contribution in [3.05, 3.63) is 53.6 Å². The van der Waals surface area contributed by atoms with E-state index in [1.54, 1.807) is 42.1 Å². The number of nitrogens with zero attached hydrogens (tertiary/aromatic N) is 3. The van der Waals surface area contributed by atoms with Crippen LogP contribution in [0.4, 0.5) is 0 Å². The Bertz CT molecular complexity index is 626. The van der Waals surface area contributed by atoms with Crippen LogP contribution in [-0.2, 0) is 11.3 Å². The number of carbonyl (C=O) groups excluding carboxylic acids is 1. The van der Waals surface area contributed by atoms with Crippen molar-refractivity contribution in [1.29, 1.82) is 5.26 Å². The van der Waals surface area contributed by atoms with Crippen molar-refractivity contribution in [2.45, 2.75) is 13.5 Å². The maximum Gasteiger partial charge on any atom is 0.354 e. The highest BCUT2D eigenvalue weighted by molar-refractivity contribution is 5.87. The maximum atomic E-state index is 11.7. The lowest BCUT2D eigenvalue weighted by atomic mass is 10.2. The molecule has 19 heavy (non-hydrogen) atoms. The average molecular weight is 255 g/mol. The molecule has 2 aromatic heterocycles. The van der Waals surface area contributed by atoms with Crippen LogP contribution in [0.15, 0.2) is 36.7 Å². The summed E-state index contributed by atoms with van der Waals surface area (Å²) in [6.07, 6.45) is 3.39. The third kappa shape index (κ3) is 2.99. The Balaban J connectivity index is 2.22. The summed E-state index contributed by atoms with van der Waals surface area (Å²) in [6.45, 7) is 2.61. The summed E-state index contributed by atoms with van der Waals surface area (Å²) in [5.74, 6) is -0.345. The molecule has 0 fully saturated rings. The molecule has 0 N–H and O–H groups in total. The fourth-order valence-corrected chi connectivity index (χ4v) is 1.77. The fourth-order valence-electron chi connectivity index (χ4n) is 1.77. The summed E-state index contributed by atoms with van der Waals surface area (Å²) < 4.78 is 6.77. The molecule has 0 aliphatic heterocycles. The second-order valence-corrected chi connectivity index (χ2v) is 3.90. The standard InChI is InChI=1S/C14H13N3O2/c1-2-19-14(18)13-4-3-7-17(13)10-11-5-6-16-12(8-11)9-15/h3-8H,2,10H2,1H3. The van der Waals surface area contributed by atoms with Gasteiger partial charge in [-0.2, -0.15) is 5.26 Å². The Labute approximate surface area is 111 Å². The average Bonchev–Trinajstić information content (AvgIpc) is 2.87. The smallest absolute Gasteiger partial charge is 0.354 e. The van der Waals surface area contributed by atoms with Gasteiger partial charge in [0.15, 0.2) is 0 Å². The number of esters is 1. The predicted octanol–water partition coefficient (Wildman–Crippen LogP) is 1.98. The topological polar surface area (TPSA) is 67.9 Å². The molecule has 0 atom stereocenters. The molecule has 0 amide bonds. The number of nitriles is 1. The molecule has 2 aromatic rings. The van der Waals surface area contributed by atoms with E-state index in [-0.39, 0.29) is 5.97 Å². The monoisotopic (exact) mass is 255 g/mol. The SMILES string of the molecule is CCOC(=O)c1cccn1Cc1ccnc(C#N)c1. The van der Waals surface area contributed by atoms with E-state index in [1.165, 1.54) is 0 Å². The van der Waals surface area contributed by atoms with Gasteiger partial charge >= 0.3 is 5.97 Å². The van der Waals surface area contributed by atoms with E-state index in [0.29, 0.717) is 24.5 Å². The van der Waals surface area contributed by atoms with E-state index in [0.717, 1.165) is 5.56 Å². The largest absolute Gasteiger partial charge is 0.461 e. The highest BCUT2D eigenvalue weighted by Crippen LogP contribution is 2.09. The summed E-state index contributed by atoms with van der Waals surface area (Å²) in [6, 6.07) is 9.01. The van der Waals surface area contributed by atoms with Crippen LogP contribution in [0, 0.1) is 11.3 Å². The number of pyridine rings is 1. The van der Waals surface area contributed by atoms with Gasteiger partial charge in [-0.1, -0.05) is 0 Å². The van der Waals surface area contributed by atoms with Crippen molar-refractivity contribution >= 4 is 5.97 Å². The van der Waals surface area contributed by atoms with Crippen molar-refractivity contribution < 1.29 is 9.53 Å². The fraction of sp³-hybridized carbons (Fsp3) is 0.214. The highest BCUT2D eigenvalue weighted by atomic mass is 16.5. The Morgan fingerprint density at radius 3 is 3.11 bits per heavy atom. The van der Waals surface area contributed by atoms with E-state index in [1.807, 2.05) is 12.1 Å². The van der Waals surface area contributed by atoms with Gasteiger partial charge in [-0.15, -0.1) is 0 Å². The minimum absolute atomic E-state index is 0.345. The van der Waals surface area contributed by atoms with Crippen LogP contribution < -0.4 is 0 Å². The van der Waals surface area contributed by atoms with Crippen LogP contribution in [0.1, 0.15) is 28.7 Å². The van der Waals surface area contributed by atoms with Crippen LogP contribution >= 0.6 is 0 Å². The molecule has 0 unspecified atom stereocenters. The lowest BCUT2D eigenvalue weighted by Gasteiger charge is -2.08. The summed E-state index contributed by atoms with van der Waals surface area (Å²) >= 11 is 0. The molecule has 2 heterocycles. The molecule has 0 aliphatic carbocycles. The summed E-state index contributed by atoms with van der Waals surface area (Å²) in [5, 5.41) is 8.81. The van der Waals surface area contributed by atoms with Crippen molar-refractivity contribution in [2.75, 3.05) is 6.61 Å². The number of ether oxygens (including phenoxy) is 1. The first-order chi connectivity index (χ1) is 9.24. The lowest BCUT2D eigenvalue weighted by molar-refractivity contribution is 0.0514. The molecule has 0 aliphatic rings. The molecule has 0 saturated heterocycles. The minimum Gasteiger partial charge on any atom is -0.461 e. The molecule has 0 saturated carbocycles. The molecule has 5 nitrogen and oxygen atoms in total. The van der Waals surface area contributed by atoms with E-state index >= 15 is 0 Å². The number of rotatable bonds is 4. The summed E-state index contributed by atoms with van der Waals surface area (Å²) in [7, 11) is 0. The molecule has 0 spiro atoms. The van der Waals surface area contributed by atoms with Gasteiger partial charge in [0.25, 0.3) is 0 Å². The molecular formula is C14H13N3O2. The summed E-state index contributed by atoms with van der Waals surface area (Å²) in [4.78, 5) is 15.6. The molecule has 0 radical (unpaired) electrons. The van der Waals surface area contributed by atoms with Crippen LogP contribution in [0.3, 0.4) is 0 Å². The van der Waals surface area contributed by atoms with Gasteiger partial charge in [-0.3, -0.25) is 0 Å². The second kappa shape index (κ2) is 5.83. The molecule has 0 bridgehead atoms. The maximum absolute atomic E-state index is 11.7. The van der Waals surface area contributed by atoms with Crippen LogP contribution in [0.25, 0.3) is 0 Å². The second-order valence-electron chi connectivity index (χ2n) is 3.90. The Morgan fingerprint density at radius 2 is 2.37 bits per heavy atom. The molecule has 5 heteroatoms. The van der Waals surface area contributed by atoms with Crippen molar-refractivity contribution in [3.8, 4) is 6.07 Å². The minimum atomic E-state index is -0.345. The van der Waals surface area contributed by atoms with Crippen molar-refractivity contribution in [2.24, 2.45) is 0 Å². The van der Waals surface area contributed by atoms with Crippen LogP contribution in [0.5, 0.6) is 0 Å². The van der Waals surface area contributed by atoms with Gasteiger partial charge in [0.2, 0.25) is 0 Å². The molecular weight excluding hydrogens is 242 g/mol. The number of hydrogen-bond donors (Lipinski definition) is 0. The normalized spacial score (nSPS) is 9.89. The molecule has 96 valence electrons. The van der Waals surface area contributed by atoms with Gasteiger partial charge < -0.3 is 9.30 Å². The third-order valence-corrected chi connectivity index (χ3v) is 2.61. The van der Waals surface area contributed by atoms with Crippen LogP contribution in [-0.4, -0.2) is 22.1 Å². The van der Waals surface area contributed by atoms with E-state index < -0.39 is 0 Å². The van der Waals surface area contributed by atoms with Crippen LogP contribution in [0.2, 0.25) is 0 Å². The van der Waals surface area contributed by atoms with Crippen molar-refractivity contribution in [3.63, 3.8) is 0 Å². The predicted molar refractivity (Wildman–Crippen MR) is 68.4 cm³/mol. The Kier molecular flexibility index (Phi) is 3.94. The number of hydrogen-bond acceptors (Lipinski definition) is 4. The van der Waals surface area contributed by atoms with E-state index in [9.17, 15) is 4.79 Å². The quantitative estimate of drug-likeness (QED) is 0.783. The lowest BCUT2D eigenvalue weighted by Crippen LogP contribution is -2.12. The Hall–Kier alpha value is -2.61. The van der Waals surface area contributed by atoms with E-state index in [2.05, 4.69) is 4.98 Å². The Morgan fingerprint density at radius 1 is 1.53 bits per heavy atom. The van der Waals surface area contributed by atoms with E-state index in [4.69, 9.17) is 10.00 Å². The summed E-state index contributed by atoms with van der Waals surface area (Å²) in [5.41, 5.74) is 1.77. The number of carbonyl (C=O) groups is 1. The first kappa shape index (κ1) is 12.8. The van der Waals surface area contributed by atoms with Crippen molar-refractivity contribution in [1.82, 2.24) is 9.55 Å². The van der Waals surface area contributed by atoms with Gasteiger partial charge in [0.1, 0.15) is 17.5 Å². The van der Waals surface area contributed by atoms with Gasteiger partial charge in [0, 0.05) is 18.9 Å². The van der Waals surface area contributed by atoms with Gasteiger partial charge in [0.05, 0.1) is 6.61 Å². The zero-order valence-corrected chi connectivity index (χ0v) is 10.5. The number of aromatic nitrogens is 2. The highest BCUT2D eigenvalue weighted by Gasteiger charge is 2.11. The first-order valence-electron chi connectivity index (χ1n) is 5.92. The zero-order valence-electron chi connectivity index (χ0n) is 10.5. The first-order valence-corrected chi connectivity index (χ1v) is 5.92. The zero-order chi connectivity index (χ0) is 13.7. The molecule has 0 aromatic carbocycles. The van der Waals surface area contributed by atoms with Gasteiger partial charge in [-0.05, 0) is 36.8 Å². The van der Waals surface area contributed by atoms with Gasteiger partial charge in [-0.25, -0.2) is 9.78 Å². The molecule has 2 rings (SSSR count).